The molecule has 0 aliphatic carbocycles. The van der Waals surface area contributed by atoms with Crippen molar-refractivity contribution in [3.05, 3.63) is 0 Å². The highest BCUT2D eigenvalue weighted by atomic mass is 28.3. The number of hydroxylamine groups is 4. The summed E-state index contributed by atoms with van der Waals surface area (Å²) in [6.07, 6.45) is -0.647. The monoisotopic (exact) mass is 256 g/mol. The van der Waals surface area contributed by atoms with Crippen LogP contribution in [0.25, 0.3) is 0 Å². The Bertz CT molecular complexity index is 343. The summed E-state index contributed by atoms with van der Waals surface area (Å²) in [6, 6.07) is 0. The van der Waals surface area contributed by atoms with Gasteiger partial charge in [0.2, 0.25) is 0 Å². The fraction of sp³-hybridized carbons (Fsp3) is 0.833. The van der Waals surface area contributed by atoms with Crippen molar-refractivity contribution in [3.8, 4) is 11.5 Å². The first-order chi connectivity index (χ1) is 7.41. The zero-order valence-corrected chi connectivity index (χ0v) is 12.9. The van der Waals surface area contributed by atoms with Crippen LogP contribution in [0.3, 0.4) is 0 Å². The summed E-state index contributed by atoms with van der Waals surface area (Å²) in [5.74, 6) is 3.00. The molecule has 0 aromatic heterocycles. The van der Waals surface area contributed by atoms with Gasteiger partial charge in [-0.15, -0.1) is 5.54 Å². The van der Waals surface area contributed by atoms with Crippen molar-refractivity contribution < 1.29 is 10.4 Å². The molecule has 0 saturated carbocycles. The van der Waals surface area contributed by atoms with Gasteiger partial charge in [-0.05, 0) is 27.7 Å². The summed E-state index contributed by atoms with van der Waals surface area (Å²) in [4.78, 5) is 0. The molecule has 17 heavy (non-hydrogen) atoms. The van der Waals surface area contributed by atoms with Crippen molar-refractivity contribution in [3.63, 3.8) is 0 Å². The topological polar surface area (TPSA) is 46.9 Å². The molecule has 0 unspecified atom stereocenters. The third-order valence-electron chi connectivity index (χ3n) is 3.68. The van der Waals surface area contributed by atoms with Crippen LogP contribution < -0.4 is 0 Å². The molecular weight excluding hydrogens is 232 g/mol. The zero-order valence-electron chi connectivity index (χ0n) is 11.9. The fourth-order valence-electron chi connectivity index (χ4n) is 1.68. The molecule has 4 nitrogen and oxygen atoms in total. The molecule has 1 saturated heterocycles. The second kappa shape index (κ2) is 4.07. The number of hydrogen-bond donors (Lipinski definition) is 2. The maximum Gasteiger partial charge on any atom is 0.171 e. The lowest BCUT2D eigenvalue weighted by Gasteiger charge is -2.37. The van der Waals surface area contributed by atoms with E-state index in [-0.39, 0.29) is 0 Å². The first kappa shape index (κ1) is 14.7. The minimum absolute atomic E-state index is 0.555. The van der Waals surface area contributed by atoms with Crippen molar-refractivity contribution in [1.82, 2.24) is 10.1 Å². The van der Waals surface area contributed by atoms with Gasteiger partial charge in [-0.25, -0.2) is 0 Å². The highest BCUT2D eigenvalue weighted by molar-refractivity contribution is 6.83. The van der Waals surface area contributed by atoms with E-state index in [1.54, 1.807) is 0 Å². The lowest BCUT2D eigenvalue weighted by atomic mass is 9.84. The van der Waals surface area contributed by atoms with Gasteiger partial charge < -0.3 is 10.4 Å². The lowest BCUT2D eigenvalue weighted by molar-refractivity contribution is -0.198. The summed E-state index contributed by atoms with van der Waals surface area (Å²) >= 11 is 0. The summed E-state index contributed by atoms with van der Waals surface area (Å²) < 4.78 is 0. The van der Waals surface area contributed by atoms with E-state index in [0.717, 1.165) is 10.1 Å². The third-order valence-corrected chi connectivity index (χ3v) is 4.58. The molecule has 0 radical (unpaired) electrons. The van der Waals surface area contributed by atoms with Crippen molar-refractivity contribution >= 4 is 8.07 Å². The Balaban J connectivity index is 3.08. The van der Waals surface area contributed by atoms with Crippen LogP contribution >= 0.6 is 0 Å². The summed E-state index contributed by atoms with van der Waals surface area (Å²) in [7, 11) is -1.51. The van der Waals surface area contributed by atoms with Gasteiger partial charge in [0.15, 0.2) is 6.17 Å². The van der Waals surface area contributed by atoms with E-state index in [0.29, 0.717) is 0 Å². The molecule has 1 rings (SSSR count). The van der Waals surface area contributed by atoms with Gasteiger partial charge in [-0.3, -0.25) is 0 Å². The second-order valence-electron chi connectivity index (χ2n) is 6.70. The van der Waals surface area contributed by atoms with Crippen LogP contribution in [0, 0.1) is 11.5 Å². The van der Waals surface area contributed by atoms with E-state index in [9.17, 15) is 10.4 Å². The van der Waals surface area contributed by atoms with Gasteiger partial charge >= 0.3 is 0 Å². The van der Waals surface area contributed by atoms with Crippen LogP contribution in [0.1, 0.15) is 27.7 Å². The number of hydrogen-bond acceptors (Lipinski definition) is 4. The van der Waals surface area contributed by atoms with Gasteiger partial charge in [0.05, 0.1) is 11.1 Å². The van der Waals surface area contributed by atoms with Gasteiger partial charge in [-0.1, -0.05) is 25.6 Å². The third kappa shape index (κ3) is 2.42. The second-order valence-corrected chi connectivity index (χ2v) is 11.5. The van der Waals surface area contributed by atoms with E-state index in [1.807, 2.05) is 27.7 Å². The Morgan fingerprint density at radius 3 is 1.59 bits per heavy atom. The maximum absolute atomic E-state index is 10.2. The van der Waals surface area contributed by atoms with Crippen LogP contribution in [0.4, 0.5) is 0 Å². The smallest absolute Gasteiger partial charge is 0.171 e. The quantitative estimate of drug-likeness (QED) is 0.515. The predicted octanol–water partition coefficient (Wildman–Crippen LogP) is 2.15. The van der Waals surface area contributed by atoms with Crippen LogP contribution in [0.15, 0.2) is 0 Å². The standard InChI is InChI=1S/C12H24N2O2Si/c1-11(2)12(3,4)14(16)10(13(11)15)8-9-17(5,6)7/h10,15-16H,1-7H3. The van der Waals surface area contributed by atoms with E-state index >= 15 is 0 Å². The SMILES string of the molecule is CC1(C)N(O)C(C#C[Si](C)(C)C)N(O)C1(C)C. The molecule has 0 amide bonds. The molecule has 1 fully saturated rings. The average Bonchev–Trinajstić information content (AvgIpc) is 2.24. The molecule has 0 bridgehead atoms. The van der Waals surface area contributed by atoms with Crippen molar-refractivity contribution in [1.29, 1.82) is 0 Å². The minimum atomic E-state index is -1.51. The Labute approximate surface area is 105 Å². The van der Waals surface area contributed by atoms with Crippen molar-refractivity contribution in [2.24, 2.45) is 0 Å². The van der Waals surface area contributed by atoms with Crippen molar-refractivity contribution in [2.45, 2.75) is 64.6 Å². The van der Waals surface area contributed by atoms with Gasteiger partial charge in [0, 0.05) is 0 Å². The van der Waals surface area contributed by atoms with E-state index in [2.05, 4.69) is 31.1 Å². The van der Waals surface area contributed by atoms with Gasteiger partial charge in [0.25, 0.3) is 0 Å². The molecule has 0 atom stereocenters. The first-order valence-electron chi connectivity index (χ1n) is 5.90. The molecule has 0 aromatic carbocycles. The predicted molar refractivity (Wildman–Crippen MR) is 70.3 cm³/mol. The number of rotatable bonds is 0. The summed E-state index contributed by atoms with van der Waals surface area (Å²) in [5, 5.41) is 22.6. The molecule has 2 N–H and O–H groups in total. The fourth-order valence-corrected chi connectivity index (χ4v) is 2.24. The minimum Gasteiger partial charge on any atom is -0.311 e. The number of nitrogens with zero attached hydrogens (tertiary/aromatic N) is 2. The van der Waals surface area contributed by atoms with E-state index in [1.165, 1.54) is 0 Å². The van der Waals surface area contributed by atoms with Crippen LogP contribution in [0.5, 0.6) is 0 Å². The highest BCUT2D eigenvalue weighted by Gasteiger charge is 2.57. The largest absolute Gasteiger partial charge is 0.311 e. The molecule has 1 aliphatic rings. The molecule has 0 aromatic rings. The molecule has 0 spiro atoms. The molecule has 5 heteroatoms. The van der Waals surface area contributed by atoms with Gasteiger partial charge in [0.1, 0.15) is 8.07 Å². The van der Waals surface area contributed by atoms with Crippen LogP contribution in [-0.2, 0) is 0 Å². The van der Waals surface area contributed by atoms with Gasteiger partial charge in [-0.2, -0.15) is 10.1 Å². The van der Waals surface area contributed by atoms with Crippen molar-refractivity contribution in [2.75, 3.05) is 0 Å². The highest BCUT2D eigenvalue weighted by Crippen LogP contribution is 2.40. The summed E-state index contributed by atoms with van der Waals surface area (Å²) in [5.41, 5.74) is 2.08. The normalized spacial score (nSPS) is 25.7. The van der Waals surface area contributed by atoms with Crippen LogP contribution in [-0.4, -0.2) is 45.9 Å². The first-order valence-corrected chi connectivity index (χ1v) is 9.40. The lowest BCUT2D eigenvalue weighted by Crippen LogP contribution is -2.52. The Hall–Kier alpha value is -0.383. The van der Waals surface area contributed by atoms with Crippen LogP contribution in [0.2, 0.25) is 19.6 Å². The van der Waals surface area contributed by atoms with E-state index in [4.69, 9.17) is 0 Å². The zero-order chi connectivity index (χ0) is 13.6. The molecule has 1 aliphatic heterocycles. The molecule has 1 heterocycles. The van der Waals surface area contributed by atoms with E-state index < -0.39 is 25.3 Å². The Morgan fingerprint density at radius 1 is 0.941 bits per heavy atom. The summed E-state index contributed by atoms with van der Waals surface area (Å²) in [6.45, 7) is 14.0. The maximum atomic E-state index is 10.2. The average molecular weight is 256 g/mol. The molecular formula is C12H24N2O2Si. The Kier molecular flexibility index (Phi) is 3.52. The Morgan fingerprint density at radius 2 is 1.29 bits per heavy atom. The molecule has 98 valence electrons.